The van der Waals surface area contributed by atoms with Gasteiger partial charge in [0.1, 0.15) is 0 Å². The van der Waals surface area contributed by atoms with Gasteiger partial charge in [0.05, 0.1) is 6.04 Å². The van der Waals surface area contributed by atoms with Crippen LogP contribution in [0.1, 0.15) is 25.7 Å². The highest BCUT2D eigenvalue weighted by Gasteiger charge is 2.29. The zero-order valence-electron chi connectivity index (χ0n) is 9.37. The lowest BCUT2D eigenvalue weighted by Gasteiger charge is -2.32. The first-order chi connectivity index (χ1) is 7.29. The van der Waals surface area contributed by atoms with Crippen molar-refractivity contribution < 1.29 is 4.79 Å². The van der Waals surface area contributed by atoms with Crippen LogP contribution in [0, 0.1) is 0 Å². The molecule has 86 valence electrons. The van der Waals surface area contributed by atoms with Crippen molar-refractivity contribution in [2.75, 3.05) is 25.1 Å². The van der Waals surface area contributed by atoms with Gasteiger partial charge >= 0.3 is 0 Å². The second kappa shape index (κ2) is 5.21. The third-order valence-corrected chi connectivity index (χ3v) is 4.49. The van der Waals surface area contributed by atoms with Crippen LogP contribution in [0.15, 0.2) is 0 Å². The van der Waals surface area contributed by atoms with E-state index in [0.29, 0.717) is 11.9 Å². The first kappa shape index (κ1) is 11.3. The van der Waals surface area contributed by atoms with E-state index in [1.54, 1.807) is 0 Å². The van der Waals surface area contributed by atoms with E-state index >= 15 is 0 Å². The largest absolute Gasteiger partial charge is 0.341 e. The van der Waals surface area contributed by atoms with Crippen LogP contribution < -0.4 is 5.32 Å². The summed E-state index contributed by atoms with van der Waals surface area (Å²) in [5.74, 6) is 2.73. The van der Waals surface area contributed by atoms with Crippen molar-refractivity contribution in [3.63, 3.8) is 0 Å². The maximum absolute atomic E-state index is 12.1. The Morgan fingerprint density at radius 1 is 1.33 bits per heavy atom. The number of nitrogens with zero attached hydrogens (tertiary/aromatic N) is 1. The molecule has 0 unspecified atom stereocenters. The molecule has 0 bridgehead atoms. The predicted molar refractivity (Wildman–Crippen MR) is 64.1 cm³/mol. The maximum Gasteiger partial charge on any atom is 0.239 e. The average molecular weight is 228 g/mol. The number of carbonyl (C=O) groups excluding carboxylic acids is 1. The lowest BCUT2D eigenvalue weighted by atomic mass is 10.1. The van der Waals surface area contributed by atoms with Crippen molar-refractivity contribution in [3.05, 3.63) is 0 Å². The minimum absolute atomic E-state index is 0.101. The summed E-state index contributed by atoms with van der Waals surface area (Å²) in [6, 6.07) is 0.589. The van der Waals surface area contributed by atoms with Gasteiger partial charge in [0.2, 0.25) is 5.91 Å². The molecule has 0 spiro atoms. The third-order valence-electron chi connectivity index (χ3n) is 3.44. The lowest BCUT2D eigenvalue weighted by molar-refractivity contribution is -0.134. The molecule has 2 fully saturated rings. The van der Waals surface area contributed by atoms with E-state index in [0.717, 1.165) is 19.4 Å². The van der Waals surface area contributed by atoms with Gasteiger partial charge in [0.25, 0.3) is 0 Å². The van der Waals surface area contributed by atoms with Crippen LogP contribution in [0.5, 0.6) is 0 Å². The molecule has 2 aliphatic heterocycles. The van der Waals surface area contributed by atoms with E-state index in [1.165, 1.54) is 24.3 Å². The summed E-state index contributed by atoms with van der Waals surface area (Å²) in [4.78, 5) is 14.1. The summed E-state index contributed by atoms with van der Waals surface area (Å²) in [5.41, 5.74) is 0. The Morgan fingerprint density at radius 2 is 2.07 bits per heavy atom. The van der Waals surface area contributed by atoms with Crippen LogP contribution in [-0.2, 0) is 4.79 Å². The standard InChI is InChI=1S/C11H20N2OS/c1-13(9-4-7-15-8-5-9)11(14)10-3-2-6-12-10/h9-10,12H,2-8H2,1H3/t10-/m0/s1. The quantitative estimate of drug-likeness (QED) is 0.768. The van der Waals surface area contributed by atoms with Crippen LogP contribution in [0.25, 0.3) is 0 Å². The van der Waals surface area contributed by atoms with Gasteiger partial charge < -0.3 is 10.2 Å². The number of nitrogens with one attached hydrogen (secondary N) is 1. The number of amides is 1. The van der Waals surface area contributed by atoms with E-state index in [-0.39, 0.29) is 6.04 Å². The minimum Gasteiger partial charge on any atom is -0.341 e. The van der Waals surface area contributed by atoms with Crippen molar-refractivity contribution in [1.29, 1.82) is 0 Å². The van der Waals surface area contributed by atoms with Crippen LogP contribution >= 0.6 is 11.8 Å². The molecular weight excluding hydrogens is 208 g/mol. The van der Waals surface area contributed by atoms with Crippen molar-refractivity contribution in [3.8, 4) is 0 Å². The summed E-state index contributed by atoms with van der Waals surface area (Å²) in [7, 11) is 1.98. The second-order valence-electron chi connectivity index (χ2n) is 4.44. The van der Waals surface area contributed by atoms with Crippen LogP contribution in [0.3, 0.4) is 0 Å². The Balaban J connectivity index is 1.87. The molecule has 1 atom stereocenters. The maximum atomic E-state index is 12.1. The summed E-state index contributed by atoms with van der Waals surface area (Å²) >= 11 is 2.01. The van der Waals surface area contributed by atoms with E-state index in [1.807, 2.05) is 23.7 Å². The monoisotopic (exact) mass is 228 g/mol. The first-order valence-electron chi connectivity index (χ1n) is 5.87. The van der Waals surface area contributed by atoms with Gasteiger partial charge in [0, 0.05) is 13.1 Å². The first-order valence-corrected chi connectivity index (χ1v) is 7.02. The second-order valence-corrected chi connectivity index (χ2v) is 5.67. The summed E-state index contributed by atoms with van der Waals surface area (Å²) in [6.07, 6.45) is 4.49. The fourth-order valence-electron chi connectivity index (χ4n) is 2.39. The van der Waals surface area contributed by atoms with Gasteiger partial charge in [-0.1, -0.05) is 0 Å². The molecule has 15 heavy (non-hydrogen) atoms. The highest BCUT2D eigenvalue weighted by atomic mass is 32.2. The topological polar surface area (TPSA) is 32.3 Å². The molecule has 0 aliphatic carbocycles. The Bertz CT molecular complexity index is 223. The van der Waals surface area contributed by atoms with Crippen molar-refractivity contribution >= 4 is 17.7 Å². The predicted octanol–water partition coefficient (Wildman–Crippen LogP) is 1.09. The molecule has 0 aromatic carbocycles. The van der Waals surface area contributed by atoms with Gasteiger partial charge in [-0.2, -0.15) is 11.8 Å². The molecule has 0 radical (unpaired) electrons. The zero-order chi connectivity index (χ0) is 10.7. The molecule has 0 saturated carbocycles. The van der Waals surface area contributed by atoms with Crippen LogP contribution in [0.2, 0.25) is 0 Å². The fraction of sp³-hybridized carbons (Fsp3) is 0.909. The van der Waals surface area contributed by atoms with E-state index < -0.39 is 0 Å². The van der Waals surface area contributed by atoms with Gasteiger partial charge in [-0.15, -0.1) is 0 Å². The Kier molecular flexibility index (Phi) is 3.92. The number of hydrogen-bond donors (Lipinski definition) is 1. The van der Waals surface area contributed by atoms with Gasteiger partial charge in [-0.3, -0.25) is 4.79 Å². The van der Waals surface area contributed by atoms with Crippen molar-refractivity contribution in [2.45, 2.75) is 37.8 Å². The summed E-state index contributed by atoms with van der Waals surface area (Å²) in [5, 5.41) is 3.28. The SMILES string of the molecule is CN(C(=O)[C@@H]1CCCN1)C1CCSCC1. The molecule has 2 aliphatic rings. The Labute approximate surface area is 96.0 Å². The third kappa shape index (κ3) is 2.67. The highest BCUT2D eigenvalue weighted by Crippen LogP contribution is 2.22. The summed E-state index contributed by atoms with van der Waals surface area (Å²) < 4.78 is 0. The fourth-order valence-corrected chi connectivity index (χ4v) is 3.48. The zero-order valence-corrected chi connectivity index (χ0v) is 10.2. The molecule has 0 aromatic heterocycles. The molecule has 3 nitrogen and oxygen atoms in total. The minimum atomic E-state index is 0.101. The molecule has 2 saturated heterocycles. The van der Waals surface area contributed by atoms with E-state index in [4.69, 9.17) is 0 Å². The molecule has 0 aromatic rings. The molecule has 4 heteroatoms. The Morgan fingerprint density at radius 3 is 2.67 bits per heavy atom. The number of likely N-dealkylation sites (N-methyl/N-ethyl adjacent to an activating group) is 1. The number of rotatable bonds is 2. The number of hydrogen-bond acceptors (Lipinski definition) is 3. The van der Waals surface area contributed by atoms with Crippen LogP contribution in [-0.4, -0.2) is 48.0 Å². The van der Waals surface area contributed by atoms with Gasteiger partial charge in [-0.25, -0.2) is 0 Å². The van der Waals surface area contributed by atoms with Gasteiger partial charge in [0.15, 0.2) is 0 Å². The molecular formula is C11H20N2OS. The molecule has 1 N–H and O–H groups in total. The summed E-state index contributed by atoms with van der Waals surface area (Å²) in [6.45, 7) is 1.00. The Hall–Kier alpha value is -0.220. The van der Waals surface area contributed by atoms with Crippen LogP contribution in [0.4, 0.5) is 0 Å². The van der Waals surface area contributed by atoms with Crippen molar-refractivity contribution in [2.24, 2.45) is 0 Å². The average Bonchev–Trinajstić information content (AvgIpc) is 2.82. The molecule has 2 rings (SSSR count). The molecule has 1 amide bonds. The lowest BCUT2D eigenvalue weighted by Crippen LogP contribution is -2.47. The van der Waals surface area contributed by atoms with E-state index in [9.17, 15) is 4.79 Å². The highest BCUT2D eigenvalue weighted by molar-refractivity contribution is 7.99. The molecule has 2 heterocycles. The van der Waals surface area contributed by atoms with Crippen molar-refractivity contribution in [1.82, 2.24) is 10.2 Å². The number of thioether (sulfide) groups is 1. The van der Waals surface area contributed by atoms with E-state index in [2.05, 4.69) is 5.32 Å². The smallest absolute Gasteiger partial charge is 0.239 e. The van der Waals surface area contributed by atoms with Gasteiger partial charge in [-0.05, 0) is 43.7 Å². The normalized spacial score (nSPS) is 27.9. The number of carbonyl (C=O) groups is 1.